The molecule has 1 aromatic carbocycles. The number of hydrogen-bond donors (Lipinski definition) is 0. The summed E-state index contributed by atoms with van der Waals surface area (Å²) >= 11 is 0. The topological polar surface area (TPSA) is 20.3 Å². The summed E-state index contributed by atoms with van der Waals surface area (Å²) in [5, 5.41) is 0. The maximum Gasteiger partial charge on any atom is 0.230 e. The molecule has 1 atom stereocenters. The van der Waals surface area contributed by atoms with E-state index in [1.807, 2.05) is 6.07 Å². The number of benzene rings is 1. The van der Waals surface area contributed by atoms with Gasteiger partial charge in [-0.2, -0.15) is 0 Å². The number of amides is 1. The first-order valence-corrected chi connectivity index (χ1v) is 7.18. The Balaban J connectivity index is 1.92. The molecule has 1 aromatic rings. The van der Waals surface area contributed by atoms with E-state index in [-0.39, 0.29) is 5.92 Å². The summed E-state index contributed by atoms with van der Waals surface area (Å²) in [4.78, 5) is 14.8. The number of fused-ring (bicyclic) bond motifs is 1. The molecule has 2 heteroatoms. The first-order chi connectivity index (χ1) is 8.77. The molecule has 2 aliphatic rings. The van der Waals surface area contributed by atoms with E-state index < -0.39 is 0 Å². The second-order valence-electron chi connectivity index (χ2n) is 5.71. The fraction of sp³-hybridized carbons (Fsp3) is 0.562. The first-order valence-electron chi connectivity index (χ1n) is 7.18. The van der Waals surface area contributed by atoms with Crippen LogP contribution in [-0.4, -0.2) is 11.9 Å². The van der Waals surface area contributed by atoms with Crippen LogP contribution in [0.1, 0.15) is 44.6 Å². The van der Waals surface area contributed by atoms with Crippen molar-refractivity contribution in [1.29, 1.82) is 0 Å². The van der Waals surface area contributed by atoms with Crippen LogP contribution in [0.3, 0.4) is 0 Å². The zero-order valence-electron chi connectivity index (χ0n) is 11.1. The number of hydrogen-bond acceptors (Lipinski definition) is 1. The molecule has 0 saturated heterocycles. The fourth-order valence-corrected chi connectivity index (χ4v) is 3.39. The molecule has 1 saturated carbocycles. The molecule has 3 rings (SSSR count). The Morgan fingerprint density at radius 3 is 2.67 bits per heavy atom. The highest BCUT2D eigenvalue weighted by Gasteiger charge is 2.33. The summed E-state index contributed by atoms with van der Waals surface area (Å²) < 4.78 is 0. The zero-order chi connectivity index (χ0) is 12.5. The molecule has 1 aliphatic carbocycles. The van der Waals surface area contributed by atoms with Crippen molar-refractivity contribution in [1.82, 2.24) is 0 Å². The summed E-state index contributed by atoms with van der Waals surface area (Å²) in [5.41, 5.74) is 2.50. The van der Waals surface area contributed by atoms with Crippen molar-refractivity contribution in [3.05, 3.63) is 29.8 Å². The van der Waals surface area contributed by atoms with Crippen molar-refractivity contribution < 1.29 is 4.79 Å². The zero-order valence-corrected chi connectivity index (χ0v) is 11.1. The second kappa shape index (κ2) is 4.75. The van der Waals surface area contributed by atoms with Crippen molar-refractivity contribution in [2.24, 2.45) is 5.92 Å². The highest BCUT2D eigenvalue weighted by Crippen LogP contribution is 2.35. The molecule has 18 heavy (non-hydrogen) atoms. The lowest BCUT2D eigenvalue weighted by Crippen LogP contribution is -2.44. The van der Waals surface area contributed by atoms with E-state index in [1.54, 1.807) is 0 Å². The molecule has 0 aromatic heterocycles. The average molecular weight is 243 g/mol. The van der Waals surface area contributed by atoms with E-state index in [0.29, 0.717) is 11.9 Å². The van der Waals surface area contributed by atoms with Gasteiger partial charge < -0.3 is 4.90 Å². The summed E-state index contributed by atoms with van der Waals surface area (Å²) in [6, 6.07) is 8.75. The lowest BCUT2D eigenvalue weighted by Gasteiger charge is -2.36. The number of aryl methyl sites for hydroxylation is 1. The molecule has 0 spiro atoms. The molecular weight excluding hydrogens is 222 g/mol. The van der Waals surface area contributed by atoms with Gasteiger partial charge in [0.05, 0.1) is 0 Å². The van der Waals surface area contributed by atoms with Gasteiger partial charge in [0.1, 0.15) is 0 Å². The monoisotopic (exact) mass is 243 g/mol. The Labute approximate surface area is 109 Å². The molecule has 0 bridgehead atoms. The molecule has 0 radical (unpaired) electrons. The largest absolute Gasteiger partial charge is 0.309 e. The van der Waals surface area contributed by atoms with Gasteiger partial charge in [-0.25, -0.2) is 0 Å². The molecule has 0 N–H and O–H groups in total. The molecule has 1 unspecified atom stereocenters. The van der Waals surface area contributed by atoms with E-state index >= 15 is 0 Å². The van der Waals surface area contributed by atoms with Crippen molar-refractivity contribution in [3.8, 4) is 0 Å². The molecule has 1 amide bonds. The van der Waals surface area contributed by atoms with Gasteiger partial charge in [-0.05, 0) is 44.2 Å². The van der Waals surface area contributed by atoms with Gasteiger partial charge in [0.15, 0.2) is 0 Å². The van der Waals surface area contributed by atoms with E-state index in [2.05, 4.69) is 30.0 Å². The molecule has 1 fully saturated rings. The van der Waals surface area contributed by atoms with Gasteiger partial charge in [-0.15, -0.1) is 0 Å². The molecule has 1 aliphatic heterocycles. The average Bonchev–Trinajstić information content (AvgIpc) is 2.92. The molecule has 96 valence electrons. The molecular formula is C16H21NO. The van der Waals surface area contributed by atoms with Crippen molar-refractivity contribution in [2.75, 3.05) is 4.90 Å². The van der Waals surface area contributed by atoms with Crippen LogP contribution >= 0.6 is 0 Å². The van der Waals surface area contributed by atoms with E-state index in [9.17, 15) is 4.79 Å². The van der Waals surface area contributed by atoms with E-state index in [4.69, 9.17) is 0 Å². The minimum Gasteiger partial charge on any atom is -0.309 e. The quantitative estimate of drug-likeness (QED) is 0.738. The van der Waals surface area contributed by atoms with Crippen molar-refractivity contribution in [3.63, 3.8) is 0 Å². The number of carbonyl (C=O) groups is 1. The van der Waals surface area contributed by atoms with Crippen LogP contribution in [0.4, 0.5) is 5.69 Å². The number of rotatable bonds is 1. The van der Waals surface area contributed by atoms with Gasteiger partial charge >= 0.3 is 0 Å². The van der Waals surface area contributed by atoms with Crippen LogP contribution in [0.15, 0.2) is 24.3 Å². The van der Waals surface area contributed by atoms with Crippen LogP contribution in [0.5, 0.6) is 0 Å². The van der Waals surface area contributed by atoms with Gasteiger partial charge in [-0.1, -0.05) is 31.0 Å². The minimum atomic E-state index is 0.276. The van der Waals surface area contributed by atoms with Gasteiger partial charge in [-0.3, -0.25) is 4.79 Å². The Hall–Kier alpha value is -1.31. The SMILES string of the molecule is CC1CCc2ccccc2N1C(=O)C1CCCC1. The van der Waals surface area contributed by atoms with Crippen LogP contribution < -0.4 is 4.90 Å². The number of anilines is 1. The van der Waals surface area contributed by atoms with Gasteiger partial charge in [0.2, 0.25) is 5.91 Å². The highest BCUT2D eigenvalue weighted by atomic mass is 16.2. The fourth-order valence-electron chi connectivity index (χ4n) is 3.39. The predicted octanol–water partition coefficient (Wildman–Crippen LogP) is 3.54. The molecule has 1 heterocycles. The van der Waals surface area contributed by atoms with Crippen LogP contribution in [0.25, 0.3) is 0 Å². The highest BCUT2D eigenvalue weighted by molar-refractivity contribution is 5.96. The van der Waals surface area contributed by atoms with Crippen LogP contribution in [-0.2, 0) is 11.2 Å². The Bertz CT molecular complexity index is 448. The number of para-hydroxylation sites is 1. The predicted molar refractivity (Wildman–Crippen MR) is 73.7 cm³/mol. The van der Waals surface area contributed by atoms with Crippen LogP contribution in [0.2, 0.25) is 0 Å². The van der Waals surface area contributed by atoms with Gasteiger partial charge in [0.25, 0.3) is 0 Å². The lowest BCUT2D eigenvalue weighted by atomic mass is 9.94. The third kappa shape index (κ3) is 1.94. The standard InChI is InChI=1S/C16H21NO/c1-12-10-11-13-6-4-5-9-15(13)17(12)16(18)14-7-2-3-8-14/h4-6,9,12,14H,2-3,7-8,10-11H2,1H3. The van der Waals surface area contributed by atoms with Crippen molar-refractivity contribution >= 4 is 11.6 Å². The van der Waals surface area contributed by atoms with Crippen molar-refractivity contribution in [2.45, 2.75) is 51.5 Å². The summed E-state index contributed by atoms with van der Waals surface area (Å²) in [6.07, 6.45) is 6.82. The lowest BCUT2D eigenvalue weighted by molar-refractivity contribution is -0.122. The second-order valence-corrected chi connectivity index (χ2v) is 5.71. The Kier molecular flexibility index (Phi) is 3.11. The number of carbonyl (C=O) groups excluding carboxylic acids is 1. The first kappa shape index (κ1) is 11.8. The summed E-state index contributed by atoms with van der Waals surface area (Å²) in [5.74, 6) is 0.644. The van der Waals surface area contributed by atoms with Gasteiger partial charge in [0, 0.05) is 17.6 Å². The van der Waals surface area contributed by atoms with E-state index in [1.165, 1.54) is 18.4 Å². The minimum absolute atomic E-state index is 0.276. The van der Waals surface area contributed by atoms with E-state index in [0.717, 1.165) is 31.4 Å². The smallest absolute Gasteiger partial charge is 0.230 e. The summed E-state index contributed by atoms with van der Waals surface area (Å²) in [6.45, 7) is 2.18. The van der Waals surface area contributed by atoms with Crippen LogP contribution in [0, 0.1) is 5.92 Å². The maximum absolute atomic E-state index is 12.7. The maximum atomic E-state index is 12.7. The number of nitrogens with zero attached hydrogens (tertiary/aromatic N) is 1. The summed E-state index contributed by atoms with van der Waals surface area (Å²) in [7, 11) is 0. The normalized spacial score (nSPS) is 24.1. The Morgan fingerprint density at radius 2 is 1.89 bits per heavy atom. The third-order valence-electron chi connectivity index (χ3n) is 4.47. The molecule has 2 nitrogen and oxygen atoms in total. The Morgan fingerprint density at radius 1 is 1.17 bits per heavy atom. The third-order valence-corrected chi connectivity index (χ3v) is 4.47.